The molecule has 1 N–H and O–H groups in total. The number of aromatic nitrogens is 2. The van der Waals surface area contributed by atoms with E-state index in [-0.39, 0.29) is 67.0 Å². The van der Waals surface area contributed by atoms with Crippen molar-refractivity contribution in [1.82, 2.24) is 9.13 Å². The molecule has 0 aliphatic carbocycles. The minimum atomic E-state index is -2.92. The number of para-hydroxylation sites is 2. The number of benzene rings is 6. The Bertz CT molecular complexity index is 3750. The van der Waals surface area contributed by atoms with Crippen LogP contribution in [0.15, 0.2) is 170 Å². The standard InChI is InChI=1S/C43H57NO6Si.C42H55NO7Si.2CH4/c1-10-20-35-34-25-18-19-26-37(34)44(40(46)50-41(3,4)5)38(35)36(39(45)47-9)27-31(28-43(11-2)30-48-43)29-49-51(42(6,7)8,32-21-14-12-15-22-32)33-23-16-13-17-24-33;1-9-42(29-48-42)27-30(28-49-51(41(5,6)7,31-18-12-10-13-19-31)32-20-14-11-15-21-32)26-35(38(45)47-8)37-34(24-25-44)33-22-16-17-23-36(33)43(37)39(46)50-40(2,3)4;;/h12-19,21-26,31,36H,10-11,20,27-30H2,1-9H3;10-23,30,35,44H,9,24-29H2,1-8H3;2*1H4/t31-,36?,43+;30-,35?,42+;;/m11../s1. The van der Waals surface area contributed by atoms with Crippen molar-refractivity contribution in [3.05, 3.63) is 192 Å². The molecule has 2 fully saturated rings. The van der Waals surface area contributed by atoms with E-state index < -0.39 is 57.8 Å². The number of epoxide rings is 2. The lowest BCUT2D eigenvalue weighted by Gasteiger charge is -2.44. The Morgan fingerprint density at radius 1 is 0.471 bits per heavy atom. The van der Waals surface area contributed by atoms with E-state index in [1.165, 1.54) is 39.5 Å². The highest BCUT2D eigenvalue weighted by Crippen LogP contribution is 2.47. The van der Waals surface area contributed by atoms with E-state index in [0.717, 1.165) is 53.1 Å². The van der Waals surface area contributed by atoms with Crippen molar-refractivity contribution in [2.24, 2.45) is 11.8 Å². The van der Waals surface area contributed by atoms with E-state index in [1.54, 1.807) is 4.57 Å². The van der Waals surface area contributed by atoms with Crippen molar-refractivity contribution in [2.45, 2.75) is 221 Å². The molecule has 6 atom stereocenters. The molecule has 0 amide bonds. The van der Waals surface area contributed by atoms with Gasteiger partial charge in [-0.15, -0.1) is 0 Å². The van der Waals surface area contributed by atoms with Crippen molar-refractivity contribution in [1.29, 1.82) is 0 Å². The molecular formula is C87H120N2O13Si2. The fourth-order valence-corrected chi connectivity index (χ4v) is 24.8. The number of esters is 2. The number of carbonyl (C=O) groups is 4. The second-order valence-electron chi connectivity index (χ2n) is 32.0. The predicted octanol–water partition coefficient (Wildman–Crippen LogP) is 17.4. The van der Waals surface area contributed by atoms with Gasteiger partial charge in [-0.25, -0.2) is 18.7 Å². The molecule has 6 aromatic carbocycles. The molecular weight excluding hydrogens is 1340 g/mol. The first-order valence-corrected chi connectivity index (χ1v) is 40.5. The van der Waals surface area contributed by atoms with Gasteiger partial charge in [-0.1, -0.05) is 241 Å². The van der Waals surface area contributed by atoms with E-state index in [4.69, 9.17) is 37.3 Å². The highest BCUT2D eigenvalue weighted by molar-refractivity contribution is 7.00. The summed E-state index contributed by atoms with van der Waals surface area (Å²) >= 11 is 0. The van der Waals surface area contributed by atoms with Gasteiger partial charge in [-0.3, -0.25) is 9.59 Å². The molecule has 0 bridgehead atoms. The molecule has 0 saturated carbocycles. The summed E-state index contributed by atoms with van der Waals surface area (Å²) in [5, 5.41) is 16.3. The lowest BCUT2D eigenvalue weighted by Crippen LogP contribution is -2.67. The molecule has 2 aliphatic rings. The topological polar surface area (TPSA) is 179 Å². The van der Waals surface area contributed by atoms with Crippen molar-refractivity contribution >= 4 is 83.3 Å². The summed E-state index contributed by atoms with van der Waals surface area (Å²) in [4.78, 5) is 56.4. The average molecular weight is 1460 g/mol. The molecule has 2 unspecified atom stereocenters. The fourth-order valence-electron chi connectivity index (χ4n) is 15.5. The number of nitrogens with zero attached hydrogens (tertiary/aromatic N) is 2. The Balaban J connectivity index is 0.000000285. The first kappa shape index (κ1) is 83.8. The lowest BCUT2D eigenvalue weighted by atomic mass is 9.83. The normalized spacial score (nSPS) is 17.2. The van der Waals surface area contributed by atoms with Crippen LogP contribution in [0.2, 0.25) is 10.1 Å². The summed E-state index contributed by atoms with van der Waals surface area (Å²) in [5.41, 5.74) is 2.14. The third-order valence-electron chi connectivity index (χ3n) is 20.4. The first-order chi connectivity index (χ1) is 48.4. The van der Waals surface area contributed by atoms with Gasteiger partial charge in [-0.05, 0) is 159 Å². The maximum absolute atomic E-state index is 14.1. The largest absolute Gasteiger partial charge is 0.469 e. The number of fused-ring (bicyclic) bond motifs is 2. The third-order valence-corrected chi connectivity index (χ3v) is 30.5. The Kier molecular flexibility index (Phi) is 28.1. The van der Waals surface area contributed by atoms with Gasteiger partial charge in [0.2, 0.25) is 0 Å². The molecule has 2 aromatic heterocycles. The van der Waals surface area contributed by atoms with Crippen LogP contribution in [-0.4, -0.2) is 125 Å². The number of aryl methyl sites for hydroxylation is 1. The monoisotopic (exact) mass is 1460 g/mol. The number of hydrogen-bond acceptors (Lipinski definition) is 13. The lowest BCUT2D eigenvalue weighted by molar-refractivity contribution is -0.144. The molecule has 4 heterocycles. The van der Waals surface area contributed by atoms with E-state index in [0.29, 0.717) is 69.0 Å². The molecule has 0 spiro atoms. The summed E-state index contributed by atoms with van der Waals surface area (Å²) in [6.07, 6.45) is 4.58. The van der Waals surface area contributed by atoms with E-state index >= 15 is 0 Å². The quantitative estimate of drug-likeness (QED) is 0.0212. The predicted molar refractivity (Wildman–Crippen MR) is 425 cm³/mol. The number of aliphatic hydroxyl groups is 1. The van der Waals surface area contributed by atoms with Gasteiger partial charge >= 0.3 is 24.1 Å². The highest BCUT2D eigenvalue weighted by Gasteiger charge is 2.54. The number of carbonyl (C=O) groups excluding carboxylic acids is 4. The molecule has 15 nitrogen and oxygen atoms in total. The van der Waals surface area contributed by atoms with Crippen LogP contribution in [0.4, 0.5) is 9.59 Å². The number of aliphatic hydroxyl groups excluding tert-OH is 1. The molecule has 104 heavy (non-hydrogen) atoms. The van der Waals surface area contributed by atoms with E-state index in [2.05, 4.69) is 159 Å². The summed E-state index contributed by atoms with van der Waals surface area (Å²) in [6, 6.07) is 57.7. The molecule has 2 saturated heterocycles. The van der Waals surface area contributed by atoms with Crippen LogP contribution < -0.4 is 20.7 Å². The zero-order valence-corrected chi connectivity index (χ0v) is 65.6. The van der Waals surface area contributed by atoms with E-state index in [9.17, 15) is 24.3 Å². The van der Waals surface area contributed by atoms with Gasteiger partial charge in [0.1, 0.15) is 11.2 Å². The SMILES string of the molecule is C.C.CCCc1c(C(C[C@@H](CO[Si](c2ccccc2)(c2ccccc2)C(C)(C)C)C[C@@]2(CC)CO2)C(=O)OC)n(C(=O)OC(C)(C)C)c2ccccc12.CC[C@]1(C[C@H](CO[Si](c2ccccc2)(c2ccccc2)C(C)(C)C)CC(C(=O)OC)c2c(CCO)c3ccccc3n2C(=O)OC(C)(C)C)CO1. The summed E-state index contributed by atoms with van der Waals surface area (Å²) in [5.74, 6) is -2.66. The Labute approximate surface area is 622 Å². The second-order valence-corrected chi connectivity index (χ2v) is 40.6. The van der Waals surface area contributed by atoms with Gasteiger partial charge in [0.15, 0.2) is 0 Å². The smallest absolute Gasteiger partial charge is 0.419 e. The van der Waals surface area contributed by atoms with Crippen LogP contribution in [-0.2, 0) is 59.7 Å². The van der Waals surface area contributed by atoms with Gasteiger partial charge in [-0.2, -0.15) is 0 Å². The van der Waals surface area contributed by atoms with Gasteiger partial charge in [0.25, 0.3) is 16.6 Å². The fraction of sp³-hybridized carbons (Fsp3) is 0.494. The number of hydrogen-bond donors (Lipinski definition) is 1. The van der Waals surface area contributed by atoms with Crippen LogP contribution in [0.3, 0.4) is 0 Å². The molecule has 10 rings (SSSR count). The number of methoxy groups -OCH3 is 2. The number of rotatable bonds is 28. The third kappa shape index (κ3) is 18.7. The maximum atomic E-state index is 14.1. The van der Waals surface area contributed by atoms with Gasteiger partial charge in [0.05, 0.1) is 61.5 Å². The zero-order chi connectivity index (χ0) is 74.1. The summed E-state index contributed by atoms with van der Waals surface area (Å²) in [6.45, 7) is 33.0. The van der Waals surface area contributed by atoms with Crippen LogP contribution in [0.25, 0.3) is 21.8 Å². The molecule has 2 aliphatic heterocycles. The zero-order valence-electron chi connectivity index (χ0n) is 63.6. The molecule has 564 valence electrons. The maximum Gasteiger partial charge on any atom is 0.419 e. The van der Waals surface area contributed by atoms with Crippen molar-refractivity contribution < 1.29 is 61.6 Å². The highest BCUT2D eigenvalue weighted by atomic mass is 28.4. The van der Waals surface area contributed by atoms with Crippen molar-refractivity contribution in [3.8, 4) is 0 Å². The van der Waals surface area contributed by atoms with Crippen LogP contribution in [0, 0.1) is 11.8 Å². The Morgan fingerprint density at radius 3 is 1.03 bits per heavy atom. The van der Waals surface area contributed by atoms with Crippen molar-refractivity contribution in [2.75, 3.05) is 47.3 Å². The van der Waals surface area contributed by atoms with Crippen LogP contribution >= 0.6 is 0 Å². The summed E-state index contributed by atoms with van der Waals surface area (Å²) in [7, 11) is -2.99. The summed E-state index contributed by atoms with van der Waals surface area (Å²) < 4.78 is 53.3. The first-order valence-electron chi connectivity index (χ1n) is 36.7. The average Bonchev–Trinajstić information content (AvgIpc) is 1.18. The molecule has 17 heteroatoms. The van der Waals surface area contributed by atoms with Crippen LogP contribution in [0.5, 0.6) is 0 Å². The molecule has 8 aromatic rings. The minimum absolute atomic E-state index is 0. The number of ether oxygens (including phenoxy) is 6. The van der Waals surface area contributed by atoms with Crippen molar-refractivity contribution in [3.63, 3.8) is 0 Å². The second kappa shape index (κ2) is 34.8. The van der Waals surface area contributed by atoms with Crippen LogP contribution in [0.1, 0.15) is 198 Å². The molecule has 0 radical (unpaired) electrons. The van der Waals surface area contributed by atoms with E-state index in [1.807, 2.05) is 114 Å². The van der Waals surface area contributed by atoms with Gasteiger partial charge < -0.3 is 42.4 Å². The Morgan fingerprint density at radius 2 is 0.769 bits per heavy atom. The van der Waals surface area contributed by atoms with Gasteiger partial charge in [0, 0.05) is 42.0 Å². The minimum Gasteiger partial charge on any atom is -0.469 e. The Hall–Kier alpha value is -7.49.